The van der Waals surface area contributed by atoms with Crippen LogP contribution in [0.1, 0.15) is 6.92 Å². The van der Waals surface area contributed by atoms with Crippen LogP contribution in [-0.2, 0) is 4.79 Å². The van der Waals surface area contributed by atoms with Crippen molar-refractivity contribution >= 4 is 40.1 Å². The van der Waals surface area contributed by atoms with Crippen LogP contribution in [0.4, 0.5) is 4.39 Å². The van der Waals surface area contributed by atoms with Gasteiger partial charge < -0.3 is 14.3 Å². The molecule has 0 amide bonds. The Labute approximate surface area is 156 Å². The van der Waals surface area contributed by atoms with Gasteiger partial charge in [0.1, 0.15) is 22.2 Å². The fourth-order valence-electron chi connectivity index (χ4n) is 2.44. The standard InChI is InChI=1S/C18H11Cl2FO5/c1-8(17(22)23)25-10-3-5-12-14(7-10)26-18(24)16(20)15(12)11-4-2-9(21)6-13(11)19/h2-8H,1H3,(H,22,23)/t8-/m1/s1. The van der Waals surface area contributed by atoms with Crippen molar-refractivity contribution in [2.75, 3.05) is 0 Å². The SMILES string of the molecule is C[C@@H](Oc1ccc2c(-c3ccc(F)cc3Cl)c(Cl)c(=O)oc2c1)C(=O)O. The predicted molar refractivity (Wildman–Crippen MR) is 95.6 cm³/mol. The number of carbonyl (C=O) groups is 1. The molecule has 0 saturated heterocycles. The van der Waals surface area contributed by atoms with E-state index in [-0.39, 0.29) is 21.4 Å². The smallest absolute Gasteiger partial charge is 0.355 e. The number of halogens is 3. The summed E-state index contributed by atoms with van der Waals surface area (Å²) in [5.74, 6) is -1.46. The van der Waals surface area contributed by atoms with E-state index in [9.17, 15) is 14.0 Å². The molecule has 1 atom stereocenters. The monoisotopic (exact) mass is 396 g/mol. The number of ether oxygens (including phenoxy) is 1. The van der Waals surface area contributed by atoms with Gasteiger partial charge in [-0.15, -0.1) is 0 Å². The van der Waals surface area contributed by atoms with Crippen LogP contribution in [-0.4, -0.2) is 17.2 Å². The molecule has 0 aliphatic heterocycles. The Morgan fingerprint density at radius 2 is 1.96 bits per heavy atom. The molecule has 3 aromatic rings. The first-order chi connectivity index (χ1) is 12.3. The first-order valence-electron chi connectivity index (χ1n) is 7.39. The van der Waals surface area contributed by atoms with Crippen LogP contribution in [0.25, 0.3) is 22.1 Å². The summed E-state index contributed by atoms with van der Waals surface area (Å²) in [4.78, 5) is 23.0. The summed E-state index contributed by atoms with van der Waals surface area (Å²) in [5.41, 5.74) is -0.0211. The molecule has 1 heterocycles. The van der Waals surface area contributed by atoms with Gasteiger partial charge >= 0.3 is 11.6 Å². The summed E-state index contributed by atoms with van der Waals surface area (Å²) in [7, 11) is 0. The van der Waals surface area contributed by atoms with Gasteiger partial charge in [0.15, 0.2) is 6.10 Å². The minimum absolute atomic E-state index is 0.0821. The Morgan fingerprint density at radius 1 is 1.23 bits per heavy atom. The lowest BCUT2D eigenvalue weighted by molar-refractivity contribution is -0.144. The molecule has 8 heteroatoms. The topological polar surface area (TPSA) is 76.7 Å². The van der Waals surface area contributed by atoms with Crippen molar-refractivity contribution in [1.82, 2.24) is 0 Å². The lowest BCUT2D eigenvalue weighted by atomic mass is 10.0. The second kappa shape index (κ2) is 6.97. The Hall–Kier alpha value is -2.57. The van der Waals surface area contributed by atoms with E-state index < -0.39 is 23.5 Å². The van der Waals surface area contributed by atoms with E-state index in [1.807, 2.05) is 0 Å². The lowest BCUT2D eigenvalue weighted by Gasteiger charge is -2.13. The highest BCUT2D eigenvalue weighted by atomic mass is 35.5. The number of carboxylic acid groups (broad SMARTS) is 1. The first-order valence-corrected chi connectivity index (χ1v) is 8.14. The molecule has 1 N–H and O–H groups in total. The number of carboxylic acids is 1. The Morgan fingerprint density at radius 3 is 2.62 bits per heavy atom. The van der Waals surface area contributed by atoms with Crippen molar-refractivity contribution in [2.24, 2.45) is 0 Å². The summed E-state index contributed by atoms with van der Waals surface area (Å²) < 4.78 is 23.8. The summed E-state index contributed by atoms with van der Waals surface area (Å²) in [6.45, 7) is 1.37. The van der Waals surface area contributed by atoms with Gasteiger partial charge in [-0.25, -0.2) is 14.0 Å². The van der Waals surface area contributed by atoms with Gasteiger partial charge in [-0.1, -0.05) is 23.2 Å². The van der Waals surface area contributed by atoms with Crippen LogP contribution in [0.15, 0.2) is 45.6 Å². The zero-order chi connectivity index (χ0) is 19.0. The third-order valence-corrected chi connectivity index (χ3v) is 4.34. The summed E-state index contributed by atoms with van der Waals surface area (Å²) in [5, 5.41) is 9.25. The van der Waals surface area contributed by atoms with E-state index in [0.29, 0.717) is 16.5 Å². The van der Waals surface area contributed by atoms with Crippen LogP contribution >= 0.6 is 23.2 Å². The van der Waals surface area contributed by atoms with Crippen molar-refractivity contribution in [2.45, 2.75) is 13.0 Å². The average Bonchev–Trinajstić information content (AvgIpc) is 2.57. The van der Waals surface area contributed by atoms with E-state index in [1.54, 1.807) is 6.07 Å². The van der Waals surface area contributed by atoms with Crippen LogP contribution in [0.2, 0.25) is 10.0 Å². The molecule has 1 aromatic heterocycles. The van der Waals surface area contributed by atoms with E-state index in [2.05, 4.69) is 0 Å². The Bertz CT molecular complexity index is 1080. The van der Waals surface area contributed by atoms with Crippen LogP contribution in [0, 0.1) is 5.82 Å². The molecule has 0 unspecified atom stereocenters. The summed E-state index contributed by atoms with van der Waals surface area (Å²) in [6, 6.07) is 8.17. The number of aliphatic carboxylic acids is 1. The molecule has 134 valence electrons. The molecule has 0 fully saturated rings. The summed E-state index contributed by atoms with van der Waals surface area (Å²) in [6.07, 6.45) is -1.09. The molecule has 0 aliphatic rings. The number of hydrogen-bond acceptors (Lipinski definition) is 4. The maximum atomic E-state index is 13.3. The van der Waals surface area contributed by atoms with E-state index in [4.69, 9.17) is 37.5 Å². The largest absolute Gasteiger partial charge is 0.479 e. The number of rotatable bonds is 4. The highest BCUT2D eigenvalue weighted by Crippen LogP contribution is 2.38. The van der Waals surface area contributed by atoms with Crippen molar-refractivity contribution in [3.8, 4) is 16.9 Å². The molecule has 0 spiro atoms. The molecule has 0 bridgehead atoms. The number of fused-ring (bicyclic) bond motifs is 1. The zero-order valence-electron chi connectivity index (χ0n) is 13.3. The normalized spacial score (nSPS) is 12.2. The van der Waals surface area contributed by atoms with Crippen molar-refractivity contribution in [3.63, 3.8) is 0 Å². The van der Waals surface area contributed by atoms with Gasteiger partial charge in [0.25, 0.3) is 0 Å². The van der Waals surface area contributed by atoms with Gasteiger partial charge in [-0.05, 0) is 37.3 Å². The first kappa shape index (κ1) is 18.2. The third kappa shape index (κ3) is 3.38. The Kier molecular flexibility index (Phi) is 4.89. The van der Waals surface area contributed by atoms with Crippen molar-refractivity contribution < 1.29 is 23.4 Å². The number of benzene rings is 2. The van der Waals surface area contributed by atoms with Crippen LogP contribution in [0.5, 0.6) is 5.75 Å². The lowest BCUT2D eigenvalue weighted by Crippen LogP contribution is -2.22. The average molecular weight is 397 g/mol. The molecule has 2 aromatic carbocycles. The minimum Gasteiger partial charge on any atom is -0.479 e. The molecule has 0 saturated carbocycles. The molecular weight excluding hydrogens is 386 g/mol. The number of hydrogen-bond donors (Lipinski definition) is 1. The minimum atomic E-state index is -1.14. The second-order valence-electron chi connectivity index (χ2n) is 5.46. The Balaban J connectivity index is 2.21. The maximum absolute atomic E-state index is 13.3. The van der Waals surface area contributed by atoms with E-state index in [0.717, 1.165) is 6.07 Å². The zero-order valence-corrected chi connectivity index (χ0v) is 14.8. The fraction of sp³-hybridized carbons (Fsp3) is 0.111. The highest BCUT2D eigenvalue weighted by molar-refractivity contribution is 6.37. The van der Waals surface area contributed by atoms with Crippen molar-refractivity contribution in [1.29, 1.82) is 0 Å². The van der Waals surface area contributed by atoms with E-state index in [1.165, 1.54) is 31.2 Å². The van der Waals surface area contributed by atoms with Gasteiger partial charge in [-0.2, -0.15) is 0 Å². The molecule has 0 radical (unpaired) electrons. The van der Waals surface area contributed by atoms with Gasteiger partial charge in [0.05, 0.1) is 5.02 Å². The molecule has 5 nitrogen and oxygen atoms in total. The van der Waals surface area contributed by atoms with E-state index >= 15 is 0 Å². The van der Waals surface area contributed by atoms with Gasteiger partial charge in [-0.3, -0.25) is 0 Å². The second-order valence-corrected chi connectivity index (χ2v) is 6.24. The molecule has 3 rings (SSSR count). The van der Waals surface area contributed by atoms with Gasteiger partial charge in [0, 0.05) is 22.6 Å². The highest BCUT2D eigenvalue weighted by Gasteiger charge is 2.19. The summed E-state index contributed by atoms with van der Waals surface area (Å²) >= 11 is 12.2. The third-order valence-electron chi connectivity index (χ3n) is 3.68. The molecular formula is C18H11Cl2FO5. The van der Waals surface area contributed by atoms with Crippen molar-refractivity contribution in [3.05, 3.63) is 62.7 Å². The maximum Gasteiger partial charge on any atom is 0.355 e. The van der Waals surface area contributed by atoms with Crippen LogP contribution < -0.4 is 10.4 Å². The predicted octanol–water partition coefficient (Wildman–Crippen LogP) is 4.76. The quantitative estimate of drug-likeness (QED) is 0.643. The molecule has 26 heavy (non-hydrogen) atoms. The van der Waals surface area contributed by atoms with Crippen LogP contribution in [0.3, 0.4) is 0 Å². The fourth-order valence-corrected chi connectivity index (χ4v) is 2.95. The molecule has 0 aliphatic carbocycles. The van der Waals surface area contributed by atoms with Gasteiger partial charge in [0.2, 0.25) is 0 Å².